The molecule has 0 N–H and O–H groups in total. The molecule has 2 amide bonds. The minimum Gasteiger partial charge on any atom is -0.308 e. The zero-order valence-corrected chi connectivity index (χ0v) is 26.8. The fraction of sp³-hybridized carbons (Fsp3) is 0.0222. The summed E-state index contributed by atoms with van der Waals surface area (Å²) in [5.41, 5.74) is 11.2. The molecule has 0 atom stereocenters. The van der Waals surface area contributed by atoms with Crippen molar-refractivity contribution in [3.05, 3.63) is 180 Å². The standard InChI is InChI=1S/C45H30N2O2/c1-29-14-8-9-19-33(29)32-26-27-36-35-20-10-11-23-38(35)46(41(36)28-32)40-25-13-22-37-43(40)45(49)47(44(37)48)39-24-12-21-34(30-15-4-2-5-16-30)42(39)31-17-6-3-7-18-31/h2-28H,1H3. The SMILES string of the molecule is Cc1ccccc1-c1ccc2c3ccccc3n(-c3cccc4c3C(=O)N(c3cccc(-c5ccccc5)c3-c3ccccc3)C4=O)c2c1. The van der Waals surface area contributed by atoms with E-state index in [9.17, 15) is 9.59 Å². The Labute approximate surface area is 284 Å². The monoisotopic (exact) mass is 630 g/mol. The fourth-order valence-corrected chi connectivity index (χ4v) is 7.46. The third-order valence-electron chi connectivity index (χ3n) is 9.69. The van der Waals surface area contributed by atoms with E-state index in [1.165, 1.54) is 10.5 Å². The Morgan fingerprint density at radius 3 is 1.80 bits per heavy atom. The summed E-state index contributed by atoms with van der Waals surface area (Å²) < 4.78 is 2.15. The summed E-state index contributed by atoms with van der Waals surface area (Å²) in [5.74, 6) is -0.662. The van der Waals surface area contributed by atoms with Crippen LogP contribution in [-0.4, -0.2) is 16.4 Å². The molecular formula is C45H30N2O2. The molecule has 2 heterocycles. The Morgan fingerprint density at radius 1 is 0.408 bits per heavy atom. The minimum absolute atomic E-state index is 0.328. The molecule has 9 rings (SSSR count). The van der Waals surface area contributed by atoms with Crippen molar-refractivity contribution in [1.82, 2.24) is 4.57 Å². The minimum atomic E-state index is -0.334. The lowest BCUT2D eigenvalue weighted by Gasteiger charge is -2.22. The molecule has 0 fully saturated rings. The fourth-order valence-electron chi connectivity index (χ4n) is 7.46. The maximum Gasteiger partial charge on any atom is 0.268 e. The van der Waals surface area contributed by atoms with Crippen molar-refractivity contribution in [2.75, 3.05) is 4.90 Å². The van der Waals surface area contributed by atoms with Crippen LogP contribution in [0.25, 0.3) is 60.9 Å². The molecule has 8 aromatic rings. The van der Waals surface area contributed by atoms with Gasteiger partial charge in [-0.3, -0.25) is 9.59 Å². The van der Waals surface area contributed by atoms with Crippen LogP contribution >= 0.6 is 0 Å². The highest BCUT2D eigenvalue weighted by Gasteiger charge is 2.40. The highest BCUT2D eigenvalue weighted by molar-refractivity contribution is 6.36. The molecule has 0 radical (unpaired) electrons. The summed E-state index contributed by atoms with van der Waals surface area (Å²) >= 11 is 0. The molecular weight excluding hydrogens is 601 g/mol. The lowest BCUT2D eigenvalue weighted by atomic mass is 9.92. The highest BCUT2D eigenvalue weighted by Crippen LogP contribution is 2.44. The summed E-state index contributed by atoms with van der Waals surface area (Å²) in [6, 6.07) is 54.7. The predicted molar refractivity (Wildman–Crippen MR) is 199 cm³/mol. The van der Waals surface area contributed by atoms with Crippen molar-refractivity contribution in [1.29, 1.82) is 0 Å². The van der Waals surface area contributed by atoms with E-state index in [2.05, 4.69) is 84.3 Å². The maximum atomic E-state index is 14.9. The second-order valence-electron chi connectivity index (χ2n) is 12.5. The van der Waals surface area contributed by atoms with Crippen molar-refractivity contribution in [3.8, 4) is 39.1 Å². The van der Waals surface area contributed by atoms with Gasteiger partial charge in [-0.2, -0.15) is 0 Å². The molecule has 0 bridgehead atoms. The van der Waals surface area contributed by atoms with E-state index in [1.807, 2.05) is 84.9 Å². The molecule has 0 saturated carbocycles. The average molecular weight is 631 g/mol. The molecule has 0 saturated heterocycles. The van der Waals surface area contributed by atoms with E-state index in [0.717, 1.165) is 55.2 Å². The van der Waals surface area contributed by atoms with Crippen LogP contribution in [0.1, 0.15) is 26.3 Å². The van der Waals surface area contributed by atoms with Gasteiger partial charge >= 0.3 is 0 Å². The van der Waals surface area contributed by atoms with Crippen molar-refractivity contribution in [3.63, 3.8) is 0 Å². The number of benzene rings is 7. The third kappa shape index (κ3) is 4.45. The van der Waals surface area contributed by atoms with Crippen LogP contribution in [-0.2, 0) is 0 Å². The van der Waals surface area contributed by atoms with E-state index in [4.69, 9.17) is 0 Å². The van der Waals surface area contributed by atoms with Gasteiger partial charge in [-0.1, -0.05) is 133 Å². The van der Waals surface area contributed by atoms with E-state index in [0.29, 0.717) is 22.5 Å². The number of amides is 2. The molecule has 0 spiro atoms. The summed E-state index contributed by atoms with van der Waals surface area (Å²) in [5, 5.41) is 2.17. The number of imide groups is 1. The van der Waals surface area contributed by atoms with Crippen LogP contribution in [0.2, 0.25) is 0 Å². The Bertz CT molecular complexity index is 2600. The van der Waals surface area contributed by atoms with Gasteiger partial charge < -0.3 is 4.57 Å². The molecule has 4 heteroatoms. The van der Waals surface area contributed by atoms with Gasteiger partial charge in [0.25, 0.3) is 11.8 Å². The van der Waals surface area contributed by atoms with Crippen LogP contribution in [0, 0.1) is 6.92 Å². The molecule has 1 aromatic heterocycles. The van der Waals surface area contributed by atoms with E-state index in [-0.39, 0.29) is 11.8 Å². The van der Waals surface area contributed by atoms with Crippen LogP contribution in [0.4, 0.5) is 5.69 Å². The van der Waals surface area contributed by atoms with E-state index in [1.54, 1.807) is 6.07 Å². The zero-order chi connectivity index (χ0) is 33.1. The number of para-hydroxylation sites is 1. The zero-order valence-electron chi connectivity index (χ0n) is 26.8. The Morgan fingerprint density at radius 2 is 1.02 bits per heavy atom. The lowest BCUT2D eigenvalue weighted by molar-refractivity contribution is 0.0926. The summed E-state index contributed by atoms with van der Waals surface area (Å²) in [7, 11) is 0. The van der Waals surface area contributed by atoms with Crippen LogP contribution in [0.3, 0.4) is 0 Å². The summed E-state index contributed by atoms with van der Waals surface area (Å²) in [6.07, 6.45) is 0. The van der Waals surface area contributed by atoms with E-state index < -0.39 is 0 Å². The Balaban J connectivity index is 1.27. The first-order valence-electron chi connectivity index (χ1n) is 16.5. The Kier molecular flexibility index (Phi) is 6.63. The number of fused-ring (bicyclic) bond motifs is 4. The van der Waals surface area contributed by atoms with Gasteiger partial charge in [0.15, 0.2) is 0 Å². The average Bonchev–Trinajstić information content (AvgIpc) is 3.62. The van der Waals surface area contributed by atoms with Gasteiger partial charge in [0.05, 0.1) is 33.5 Å². The van der Waals surface area contributed by atoms with Gasteiger partial charge in [-0.15, -0.1) is 0 Å². The molecule has 0 unspecified atom stereocenters. The Hall–Kier alpha value is -6.52. The number of hydrogen-bond donors (Lipinski definition) is 0. The van der Waals surface area contributed by atoms with Crippen molar-refractivity contribution in [2.45, 2.75) is 6.92 Å². The van der Waals surface area contributed by atoms with Crippen LogP contribution < -0.4 is 4.90 Å². The number of hydrogen-bond acceptors (Lipinski definition) is 2. The molecule has 4 nitrogen and oxygen atoms in total. The molecule has 1 aliphatic rings. The number of carbonyl (C=O) groups excluding carboxylic acids is 2. The first-order valence-corrected chi connectivity index (χ1v) is 16.5. The smallest absolute Gasteiger partial charge is 0.268 e. The third-order valence-corrected chi connectivity index (χ3v) is 9.69. The van der Waals surface area contributed by atoms with E-state index >= 15 is 0 Å². The largest absolute Gasteiger partial charge is 0.308 e. The number of aryl methyl sites for hydroxylation is 1. The van der Waals surface area contributed by atoms with Gasteiger partial charge in [0, 0.05) is 16.3 Å². The van der Waals surface area contributed by atoms with Gasteiger partial charge in [-0.25, -0.2) is 4.90 Å². The summed E-state index contributed by atoms with van der Waals surface area (Å²) in [6.45, 7) is 2.12. The van der Waals surface area contributed by atoms with Crippen LogP contribution in [0.15, 0.2) is 164 Å². The van der Waals surface area contributed by atoms with Crippen molar-refractivity contribution < 1.29 is 9.59 Å². The quantitative estimate of drug-likeness (QED) is 0.178. The predicted octanol–water partition coefficient (Wildman–Crippen LogP) is 10.9. The first kappa shape index (κ1) is 28.7. The second-order valence-corrected chi connectivity index (χ2v) is 12.5. The lowest BCUT2D eigenvalue weighted by Crippen LogP contribution is -2.30. The molecule has 0 aliphatic carbocycles. The highest BCUT2D eigenvalue weighted by atomic mass is 16.2. The number of rotatable bonds is 5. The van der Waals surface area contributed by atoms with Gasteiger partial charge in [0.1, 0.15) is 0 Å². The normalized spacial score (nSPS) is 12.6. The number of aromatic nitrogens is 1. The second kappa shape index (κ2) is 11.3. The molecule has 7 aromatic carbocycles. The maximum absolute atomic E-state index is 14.9. The van der Waals surface area contributed by atoms with Crippen LogP contribution in [0.5, 0.6) is 0 Å². The summed E-state index contributed by atoms with van der Waals surface area (Å²) in [4.78, 5) is 30.7. The number of anilines is 1. The number of carbonyl (C=O) groups is 2. The molecule has 1 aliphatic heterocycles. The first-order chi connectivity index (χ1) is 24.1. The van der Waals surface area contributed by atoms with Gasteiger partial charge in [0.2, 0.25) is 0 Å². The molecule has 49 heavy (non-hydrogen) atoms. The van der Waals surface area contributed by atoms with Crippen molar-refractivity contribution >= 4 is 39.3 Å². The van der Waals surface area contributed by atoms with Crippen molar-refractivity contribution in [2.24, 2.45) is 0 Å². The number of nitrogens with zero attached hydrogens (tertiary/aromatic N) is 2. The van der Waals surface area contributed by atoms with Gasteiger partial charge in [-0.05, 0) is 70.6 Å². The molecule has 232 valence electrons. The topological polar surface area (TPSA) is 42.3 Å².